The highest BCUT2D eigenvalue weighted by molar-refractivity contribution is 5.78. The Kier molecular flexibility index (Phi) is 14.4. The standard InChI is InChI=1S/C48H78O19/c1-20-10-13-48(15-14-46(6)23(29(48)21(20)2)8-9-28-44(4)16-24(51)39(60)45(5,19-50)27(44)11-12-47(28,46)7)43(61)67-42-36(58)33(55)31(53)26(65-42)18-62-40-37(59)34(56)38(25(17-49)64-40)66-41-35(57)32(54)30(52)22(3)63-41/h10,21-42,49-60H,8-9,11-19H2,1-7H3/t21-,22-,23?,24+,25+,26+,27?,28?,29?,30-,31+,32+,33-,34+,35+,36+,37+,38+,39-,40+,41-,42-,44-,45-,46+,47+,48-/m1/s1. The molecule has 3 aliphatic heterocycles. The Morgan fingerprint density at radius 2 is 1.34 bits per heavy atom. The van der Waals surface area contributed by atoms with Gasteiger partial charge in [0.2, 0.25) is 6.29 Å². The summed E-state index contributed by atoms with van der Waals surface area (Å²) in [5.74, 6) is -0.496. The van der Waals surface area contributed by atoms with Crippen molar-refractivity contribution in [2.45, 2.75) is 204 Å². The van der Waals surface area contributed by atoms with Gasteiger partial charge in [0.25, 0.3) is 0 Å². The maximum Gasteiger partial charge on any atom is 0.315 e. The largest absolute Gasteiger partial charge is 0.432 e. The number of carbonyl (C=O) groups excluding carboxylic acids is 1. The molecule has 3 saturated heterocycles. The maximum atomic E-state index is 15.0. The molecule has 8 aliphatic rings. The van der Waals surface area contributed by atoms with Crippen molar-refractivity contribution in [3.63, 3.8) is 0 Å². The van der Waals surface area contributed by atoms with Gasteiger partial charge in [-0.2, -0.15) is 0 Å². The average Bonchev–Trinajstić information content (AvgIpc) is 3.29. The first-order chi connectivity index (χ1) is 31.4. The molecule has 12 N–H and O–H groups in total. The van der Waals surface area contributed by atoms with E-state index < -0.39 is 134 Å². The number of hydrogen-bond donors (Lipinski definition) is 12. The lowest BCUT2D eigenvalue weighted by molar-refractivity contribution is -0.361. The van der Waals surface area contributed by atoms with Crippen LogP contribution < -0.4 is 0 Å². The molecule has 4 unspecified atom stereocenters. The van der Waals surface area contributed by atoms with Crippen molar-refractivity contribution in [3.05, 3.63) is 11.6 Å². The van der Waals surface area contributed by atoms with E-state index in [9.17, 15) is 61.3 Å². The highest BCUT2D eigenvalue weighted by atomic mass is 16.8. The Labute approximate surface area is 392 Å². The van der Waals surface area contributed by atoms with Crippen LogP contribution in [0.2, 0.25) is 0 Å². The van der Waals surface area contributed by atoms with Gasteiger partial charge in [0.1, 0.15) is 67.1 Å². The first-order valence-corrected chi connectivity index (χ1v) is 24.5. The summed E-state index contributed by atoms with van der Waals surface area (Å²) < 4.78 is 34.7. The minimum absolute atomic E-state index is 0.00890. The Hall–Kier alpha value is -1.47. The second-order valence-electron chi connectivity index (χ2n) is 22.9. The fourth-order valence-electron chi connectivity index (χ4n) is 15.6. The van der Waals surface area contributed by atoms with Crippen molar-refractivity contribution in [2.24, 2.45) is 56.7 Å². The van der Waals surface area contributed by atoms with Crippen molar-refractivity contribution >= 4 is 5.97 Å². The quantitative estimate of drug-likeness (QED) is 0.0971. The van der Waals surface area contributed by atoms with Gasteiger partial charge in [-0.3, -0.25) is 4.79 Å². The molecule has 0 bridgehead atoms. The molecule has 7 fully saturated rings. The molecule has 0 spiro atoms. The summed E-state index contributed by atoms with van der Waals surface area (Å²) in [6.07, 6.45) is -18.9. The van der Waals surface area contributed by atoms with Crippen molar-refractivity contribution in [1.29, 1.82) is 0 Å². The predicted molar refractivity (Wildman–Crippen MR) is 231 cm³/mol. The molecule has 8 rings (SSSR count). The van der Waals surface area contributed by atoms with Crippen molar-refractivity contribution in [1.82, 2.24) is 0 Å². The first-order valence-electron chi connectivity index (χ1n) is 24.5. The summed E-state index contributed by atoms with van der Waals surface area (Å²) in [6, 6.07) is 0. The van der Waals surface area contributed by atoms with Crippen molar-refractivity contribution in [2.75, 3.05) is 19.8 Å². The predicted octanol–water partition coefficient (Wildman–Crippen LogP) is -1.03. The number of ether oxygens (including phenoxy) is 6. The number of fused-ring (bicyclic) bond motifs is 7. The van der Waals surface area contributed by atoms with Crippen LogP contribution >= 0.6 is 0 Å². The highest BCUT2D eigenvalue weighted by Gasteiger charge is 2.72. The van der Waals surface area contributed by atoms with Crippen LogP contribution in [-0.4, -0.2) is 191 Å². The third-order valence-electron chi connectivity index (χ3n) is 19.9. The van der Waals surface area contributed by atoms with E-state index in [0.717, 1.165) is 25.7 Å². The molecule has 0 aromatic heterocycles. The topological polar surface area (TPSA) is 315 Å². The molecule has 27 atom stereocenters. The zero-order valence-corrected chi connectivity index (χ0v) is 39.8. The average molecular weight is 959 g/mol. The lowest BCUT2D eigenvalue weighted by atomic mass is 9.31. The van der Waals surface area contributed by atoms with Crippen LogP contribution in [0, 0.1) is 56.7 Å². The Morgan fingerprint density at radius 3 is 2.01 bits per heavy atom. The monoisotopic (exact) mass is 959 g/mol. The van der Waals surface area contributed by atoms with Gasteiger partial charge in [-0.1, -0.05) is 46.3 Å². The van der Waals surface area contributed by atoms with Gasteiger partial charge < -0.3 is 89.7 Å². The van der Waals surface area contributed by atoms with Crippen LogP contribution in [0.1, 0.15) is 99.8 Å². The molecule has 0 aromatic rings. The van der Waals surface area contributed by atoms with Crippen LogP contribution in [0.25, 0.3) is 0 Å². The van der Waals surface area contributed by atoms with E-state index in [1.54, 1.807) is 0 Å². The lowest BCUT2D eigenvalue weighted by Crippen LogP contribution is -2.70. The summed E-state index contributed by atoms with van der Waals surface area (Å²) in [7, 11) is 0. The van der Waals surface area contributed by atoms with E-state index in [1.165, 1.54) is 12.5 Å². The minimum Gasteiger partial charge on any atom is -0.432 e. The van der Waals surface area contributed by atoms with E-state index in [0.29, 0.717) is 25.7 Å². The first kappa shape index (κ1) is 51.9. The highest BCUT2D eigenvalue weighted by Crippen LogP contribution is 2.77. The van der Waals surface area contributed by atoms with Crippen LogP contribution in [0.3, 0.4) is 0 Å². The van der Waals surface area contributed by atoms with Crippen molar-refractivity contribution in [3.8, 4) is 0 Å². The fraction of sp³-hybridized carbons (Fsp3) is 0.938. The smallest absolute Gasteiger partial charge is 0.315 e. The Balaban J connectivity index is 0.972. The molecule has 5 aliphatic carbocycles. The molecule has 0 amide bonds. The molecule has 384 valence electrons. The van der Waals surface area contributed by atoms with E-state index in [1.807, 2.05) is 6.92 Å². The second kappa shape index (κ2) is 18.5. The number of rotatable bonds is 9. The SMILES string of the molecule is CC1=CC[C@@]2(C(=O)O[C@H]3O[C@@H](CO[C@H]4O[C@@H](CO)[C@H](O[C@H]5O[C@H](C)[C@@H](O)[C@H](O)[C@@H]5O)[C@@H](O)[C@@H]4O)[C@H](O)[C@@H](O)[C@@H]3O)CC[C@@]3(C)C(CCC4[C@]5(C)C[C@H](O)[C@@H](O)[C@](C)(CO)C5CC[C@@]43C)C2[C@@H]1C. The Morgan fingerprint density at radius 1 is 0.701 bits per heavy atom. The molecule has 0 aromatic carbocycles. The van der Waals surface area contributed by atoms with Gasteiger partial charge in [-0.15, -0.1) is 0 Å². The number of allylic oxidation sites excluding steroid dienone is 2. The van der Waals surface area contributed by atoms with Gasteiger partial charge >= 0.3 is 5.97 Å². The number of hydrogen-bond acceptors (Lipinski definition) is 19. The molecular weight excluding hydrogens is 881 g/mol. The number of esters is 1. The van der Waals surface area contributed by atoms with E-state index in [4.69, 9.17) is 28.4 Å². The molecule has 3 heterocycles. The van der Waals surface area contributed by atoms with E-state index in [-0.39, 0.29) is 52.4 Å². The van der Waals surface area contributed by atoms with Gasteiger partial charge in [-0.05, 0) is 111 Å². The van der Waals surface area contributed by atoms with Gasteiger partial charge in [0.05, 0.1) is 43.5 Å². The van der Waals surface area contributed by atoms with Gasteiger partial charge in [-0.25, -0.2) is 0 Å². The van der Waals surface area contributed by atoms with Gasteiger partial charge in [0.15, 0.2) is 12.6 Å². The summed E-state index contributed by atoms with van der Waals surface area (Å²) in [4.78, 5) is 15.0. The van der Waals surface area contributed by atoms with Crippen LogP contribution in [0.15, 0.2) is 11.6 Å². The summed E-state index contributed by atoms with van der Waals surface area (Å²) in [5.41, 5.74) is -1.48. The normalized spacial score (nSPS) is 56.7. The zero-order chi connectivity index (χ0) is 49.1. The van der Waals surface area contributed by atoms with E-state index >= 15 is 4.79 Å². The van der Waals surface area contributed by atoms with E-state index in [2.05, 4.69) is 40.7 Å². The third-order valence-corrected chi connectivity index (χ3v) is 19.9. The summed E-state index contributed by atoms with van der Waals surface area (Å²) >= 11 is 0. The van der Waals surface area contributed by atoms with Crippen LogP contribution in [0.5, 0.6) is 0 Å². The number of aliphatic hydroxyl groups is 12. The zero-order valence-electron chi connectivity index (χ0n) is 39.8. The molecule has 67 heavy (non-hydrogen) atoms. The number of carbonyl (C=O) groups is 1. The molecule has 4 saturated carbocycles. The summed E-state index contributed by atoms with van der Waals surface area (Å²) in [6.45, 7) is 12.9. The lowest BCUT2D eigenvalue weighted by Gasteiger charge is -2.73. The Bertz CT molecular complexity index is 1820. The second-order valence-corrected chi connectivity index (χ2v) is 22.9. The maximum absolute atomic E-state index is 15.0. The molecule has 0 radical (unpaired) electrons. The minimum atomic E-state index is -1.86. The fourth-order valence-corrected chi connectivity index (χ4v) is 15.6. The third kappa shape index (κ3) is 7.92. The molecule has 19 heteroatoms. The van der Waals surface area contributed by atoms with Gasteiger partial charge in [0, 0.05) is 5.41 Å². The number of aliphatic hydroxyl groups excluding tert-OH is 12. The van der Waals surface area contributed by atoms with Crippen molar-refractivity contribution < 1.29 is 94.5 Å². The van der Waals surface area contributed by atoms with Crippen LogP contribution in [0.4, 0.5) is 0 Å². The molecular formula is C48H78O19. The van der Waals surface area contributed by atoms with Crippen LogP contribution in [-0.2, 0) is 33.2 Å². The molecule has 19 nitrogen and oxygen atoms in total. The summed E-state index contributed by atoms with van der Waals surface area (Å²) in [5, 5.41) is 130.